The quantitative estimate of drug-likeness (QED) is 0.723. The van der Waals surface area contributed by atoms with E-state index in [-0.39, 0.29) is 18.9 Å². The first-order valence-electron chi connectivity index (χ1n) is 8.20. The minimum Gasteiger partial charge on any atom is -0.497 e. The van der Waals surface area contributed by atoms with Crippen LogP contribution < -0.4 is 20.1 Å². The lowest BCUT2D eigenvalue weighted by molar-refractivity contribution is -0.118. The summed E-state index contributed by atoms with van der Waals surface area (Å²) in [6.45, 7) is 0.0872. The van der Waals surface area contributed by atoms with Crippen molar-refractivity contribution < 1.29 is 23.5 Å². The van der Waals surface area contributed by atoms with Crippen LogP contribution in [0.25, 0.3) is 6.08 Å². The number of primary amides is 1. The minimum atomic E-state index is -0.532. The lowest BCUT2D eigenvalue weighted by Gasteiger charge is -2.21. The molecular formula is C20H21FN2O4. The summed E-state index contributed by atoms with van der Waals surface area (Å²) in [5.74, 6) is -0.149. The number of carbonyl (C=O) groups excluding carboxylic acids is 2. The molecular weight excluding hydrogens is 351 g/mol. The molecule has 27 heavy (non-hydrogen) atoms. The van der Waals surface area contributed by atoms with Gasteiger partial charge in [-0.15, -0.1) is 0 Å². The van der Waals surface area contributed by atoms with E-state index in [9.17, 15) is 14.0 Å². The van der Waals surface area contributed by atoms with E-state index in [1.165, 1.54) is 42.4 Å². The Bertz CT molecular complexity index is 834. The van der Waals surface area contributed by atoms with Crippen LogP contribution in [0, 0.1) is 5.82 Å². The summed E-state index contributed by atoms with van der Waals surface area (Å²) < 4.78 is 23.6. The Balaban J connectivity index is 2.25. The molecule has 0 saturated carbocycles. The molecule has 7 heteroatoms. The van der Waals surface area contributed by atoms with Gasteiger partial charge in [-0.3, -0.25) is 9.59 Å². The molecule has 0 radical (unpaired) electrons. The molecule has 0 unspecified atom stereocenters. The topological polar surface area (TPSA) is 81.9 Å². The predicted molar refractivity (Wildman–Crippen MR) is 101 cm³/mol. The number of anilines is 1. The summed E-state index contributed by atoms with van der Waals surface area (Å²) >= 11 is 0. The molecule has 0 aliphatic heterocycles. The van der Waals surface area contributed by atoms with Gasteiger partial charge in [-0.25, -0.2) is 4.39 Å². The number of methoxy groups -OCH3 is 2. The van der Waals surface area contributed by atoms with Gasteiger partial charge < -0.3 is 20.1 Å². The van der Waals surface area contributed by atoms with Gasteiger partial charge in [-0.05, 0) is 42.5 Å². The molecule has 0 aromatic heterocycles. The second-order valence-corrected chi connectivity index (χ2v) is 5.62. The van der Waals surface area contributed by atoms with Gasteiger partial charge in [0.15, 0.2) is 0 Å². The van der Waals surface area contributed by atoms with Gasteiger partial charge >= 0.3 is 0 Å². The van der Waals surface area contributed by atoms with Crippen LogP contribution in [0.3, 0.4) is 0 Å². The number of carbonyl (C=O) groups is 2. The molecule has 142 valence electrons. The fraction of sp³-hybridized carbons (Fsp3) is 0.200. The van der Waals surface area contributed by atoms with Crippen molar-refractivity contribution in [3.05, 3.63) is 59.9 Å². The van der Waals surface area contributed by atoms with Gasteiger partial charge in [-0.1, -0.05) is 0 Å². The Hall–Kier alpha value is -3.35. The van der Waals surface area contributed by atoms with Crippen LogP contribution in [0.2, 0.25) is 0 Å². The summed E-state index contributed by atoms with van der Waals surface area (Å²) in [4.78, 5) is 25.1. The molecule has 0 atom stereocenters. The minimum absolute atomic E-state index is 0.0111. The van der Waals surface area contributed by atoms with Gasteiger partial charge in [0.25, 0.3) is 5.91 Å². The molecule has 2 N–H and O–H groups in total. The number of ether oxygens (including phenoxy) is 2. The molecule has 2 aromatic carbocycles. The van der Waals surface area contributed by atoms with Crippen LogP contribution >= 0.6 is 0 Å². The van der Waals surface area contributed by atoms with E-state index in [0.29, 0.717) is 22.7 Å². The lowest BCUT2D eigenvalue weighted by atomic mass is 10.1. The van der Waals surface area contributed by atoms with E-state index in [1.54, 1.807) is 31.4 Å². The monoisotopic (exact) mass is 372 g/mol. The molecule has 0 heterocycles. The molecule has 0 spiro atoms. The zero-order valence-electron chi connectivity index (χ0n) is 15.1. The van der Waals surface area contributed by atoms with E-state index in [0.717, 1.165) is 0 Å². The van der Waals surface area contributed by atoms with Crippen molar-refractivity contribution in [3.63, 3.8) is 0 Å². The van der Waals surface area contributed by atoms with Crippen molar-refractivity contribution in [1.29, 1.82) is 0 Å². The molecule has 0 aliphatic carbocycles. The first-order valence-corrected chi connectivity index (χ1v) is 8.20. The zero-order chi connectivity index (χ0) is 19.8. The number of benzene rings is 2. The maximum absolute atomic E-state index is 13.2. The Morgan fingerprint density at radius 1 is 1.11 bits per heavy atom. The largest absolute Gasteiger partial charge is 0.497 e. The summed E-state index contributed by atoms with van der Waals surface area (Å²) in [5.41, 5.74) is 6.34. The third-order valence-electron chi connectivity index (χ3n) is 3.83. The van der Waals surface area contributed by atoms with Crippen LogP contribution in [0.15, 0.2) is 48.5 Å². The number of amides is 2. The highest BCUT2D eigenvalue weighted by atomic mass is 19.1. The standard InChI is InChI=1S/C20H21FN2O4/c1-26-17-9-3-14(18(13-17)27-2)4-10-20(25)23(12-11-19(22)24)16-7-5-15(21)6-8-16/h3-10,13H,11-12H2,1-2H3,(H2,22,24)/b10-4+. The summed E-state index contributed by atoms with van der Waals surface area (Å²) in [5, 5.41) is 0. The Morgan fingerprint density at radius 2 is 1.81 bits per heavy atom. The second kappa shape index (κ2) is 9.38. The lowest BCUT2D eigenvalue weighted by Crippen LogP contribution is -2.32. The number of hydrogen-bond acceptors (Lipinski definition) is 4. The van der Waals surface area contributed by atoms with E-state index < -0.39 is 11.7 Å². The Kier molecular flexibility index (Phi) is 6.93. The Morgan fingerprint density at radius 3 is 2.41 bits per heavy atom. The molecule has 2 rings (SSSR count). The van der Waals surface area contributed by atoms with Crippen molar-refractivity contribution in [1.82, 2.24) is 0 Å². The van der Waals surface area contributed by atoms with Gasteiger partial charge in [0.05, 0.1) is 14.2 Å². The molecule has 0 aliphatic rings. The average molecular weight is 372 g/mol. The van der Waals surface area contributed by atoms with Gasteiger partial charge in [0.1, 0.15) is 17.3 Å². The smallest absolute Gasteiger partial charge is 0.251 e. The van der Waals surface area contributed by atoms with Gasteiger partial charge in [-0.2, -0.15) is 0 Å². The molecule has 2 aromatic rings. The van der Waals surface area contributed by atoms with Crippen LogP contribution in [0.1, 0.15) is 12.0 Å². The molecule has 0 saturated heterocycles. The van der Waals surface area contributed by atoms with E-state index in [1.807, 2.05) is 0 Å². The highest BCUT2D eigenvalue weighted by molar-refractivity contribution is 6.04. The van der Waals surface area contributed by atoms with Crippen LogP contribution in [0.5, 0.6) is 11.5 Å². The first kappa shape index (κ1) is 20.0. The van der Waals surface area contributed by atoms with E-state index in [4.69, 9.17) is 15.2 Å². The number of nitrogens with zero attached hydrogens (tertiary/aromatic N) is 1. The Labute approximate surface area is 157 Å². The van der Waals surface area contributed by atoms with Crippen LogP contribution in [-0.4, -0.2) is 32.6 Å². The van der Waals surface area contributed by atoms with Crippen LogP contribution in [-0.2, 0) is 9.59 Å². The highest BCUT2D eigenvalue weighted by Crippen LogP contribution is 2.26. The summed E-state index contributed by atoms with van der Waals surface area (Å²) in [6, 6.07) is 10.6. The van der Waals surface area contributed by atoms with E-state index in [2.05, 4.69) is 0 Å². The number of rotatable bonds is 8. The first-order chi connectivity index (χ1) is 12.9. The fourth-order valence-corrected chi connectivity index (χ4v) is 2.42. The predicted octanol–water partition coefficient (Wildman–Crippen LogP) is 2.76. The molecule has 6 nitrogen and oxygen atoms in total. The maximum atomic E-state index is 13.2. The normalized spacial score (nSPS) is 10.6. The van der Waals surface area contributed by atoms with Crippen molar-refractivity contribution in [2.45, 2.75) is 6.42 Å². The summed E-state index contributed by atoms with van der Waals surface area (Å²) in [6.07, 6.45) is 2.94. The number of hydrogen-bond donors (Lipinski definition) is 1. The third-order valence-corrected chi connectivity index (χ3v) is 3.83. The molecule has 0 fully saturated rings. The molecule has 0 bridgehead atoms. The van der Waals surface area contributed by atoms with Gasteiger partial charge in [0, 0.05) is 36.4 Å². The fourth-order valence-electron chi connectivity index (χ4n) is 2.42. The van der Waals surface area contributed by atoms with E-state index >= 15 is 0 Å². The maximum Gasteiger partial charge on any atom is 0.251 e. The summed E-state index contributed by atoms with van der Waals surface area (Å²) in [7, 11) is 3.07. The third kappa shape index (κ3) is 5.57. The van der Waals surface area contributed by atoms with Crippen molar-refractivity contribution in [2.75, 3.05) is 25.7 Å². The van der Waals surface area contributed by atoms with Crippen molar-refractivity contribution in [2.24, 2.45) is 5.73 Å². The number of halogens is 1. The highest BCUT2D eigenvalue weighted by Gasteiger charge is 2.15. The second-order valence-electron chi connectivity index (χ2n) is 5.62. The van der Waals surface area contributed by atoms with Crippen LogP contribution in [0.4, 0.5) is 10.1 Å². The van der Waals surface area contributed by atoms with Crippen molar-refractivity contribution >= 4 is 23.6 Å². The molecule has 2 amide bonds. The number of nitrogens with two attached hydrogens (primary N) is 1. The SMILES string of the molecule is COc1ccc(/C=C/C(=O)N(CCC(N)=O)c2ccc(F)cc2)c(OC)c1. The van der Waals surface area contributed by atoms with Gasteiger partial charge in [0.2, 0.25) is 5.91 Å². The van der Waals surface area contributed by atoms with Crippen molar-refractivity contribution in [3.8, 4) is 11.5 Å². The zero-order valence-corrected chi connectivity index (χ0v) is 15.1. The average Bonchev–Trinajstić information content (AvgIpc) is 2.67.